The Morgan fingerprint density at radius 2 is 0.641 bits per heavy atom. The van der Waals surface area contributed by atoms with Crippen molar-refractivity contribution in [2.45, 2.75) is 73.1 Å². The van der Waals surface area contributed by atoms with Crippen molar-refractivity contribution in [3.05, 3.63) is 270 Å². The number of fused-ring (bicyclic) bond motifs is 20. The summed E-state index contributed by atoms with van der Waals surface area (Å²) in [5.41, 5.74) is 41.7. The van der Waals surface area contributed by atoms with Gasteiger partial charge in [0.15, 0.2) is 0 Å². The van der Waals surface area contributed by atoms with Gasteiger partial charge in [0.2, 0.25) is 6.71 Å². The van der Waals surface area contributed by atoms with Crippen LogP contribution in [0, 0.1) is 13.8 Å². The van der Waals surface area contributed by atoms with Crippen molar-refractivity contribution in [3.63, 3.8) is 0 Å². The molecule has 12 aromatic rings. The summed E-state index contributed by atoms with van der Waals surface area (Å²) in [7, 11) is 0. The molecule has 0 N–H and O–H groups in total. The molecule has 5 nitrogen and oxygen atoms in total. The molecular formula is C83H67B4N5. The molecule has 0 saturated carbocycles. The van der Waals surface area contributed by atoms with E-state index in [1.165, 1.54) is 156 Å². The molecule has 0 saturated heterocycles. The van der Waals surface area contributed by atoms with E-state index in [1.54, 1.807) is 0 Å². The number of aryl methyl sites for hydroxylation is 2. The van der Waals surface area contributed by atoms with Gasteiger partial charge in [-0.1, -0.05) is 216 Å². The number of hydrogen-bond donors (Lipinski definition) is 0. The lowest BCUT2D eigenvalue weighted by atomic mass is 9.24. The van der Waals surface area contributed by atoms with E-state index in [4.69, 9.17) is 0 Å². The van der Waals surface area contributed by atoms with Gasteiger partial charge in [-0.2, -0.15) is 0 Å². The number of para-hydroxylation sites is 6. The van der Waals surface area contributed by atoms with Crippen LogP contribution in [0.25, 0.3) is 0 Å². The standard InChI is InChI=1S/C83H67B4N5/c1-49(2)54-44-59(50(3)4)77(60(45-54)51(5)6)84-61-30-18-21-33-69(61)89(57-28-16-11-17-29-57)75-48-76-68(47-67(75)84)87-64-39-38-58(88(55-24-12-9-13-25-55)56-26-14-10-15-27-56)46-74(64)91-70-34-22-19-31-62(70)85-65-42-52(7)36-40-72(65)90-73-41-37-53(8)43-66(73)86-63-32-20-23-35-71(63)92(76)83-79(86)81(90)78(85)82(91)80(83)87/h9-51H,1-8H3. The van der Waals surface area contributed by atoms with Crippen LogP contribution in [0.2, 0.25) is 0 Å². The lowest BCUT2D eigenvalue weighted by Gasteiger charge is -2.56. The highest BCUT2D eigenvalue weighted by Crippen LogP contribution is 2.53. The Hall–Kier alpha value is -10.1. The second-order valence-electron chi connectivity index (χ2n) is 27.8. The van der Waals surface area contributed by atoms with Crippen LogP contribution < -0.4 is 90.1 Å². The van der Waals surface area contributed by atoms with E-state index in [-0.39, 0.29) is 38.7 Å². The molecule has 7 aliphatic rings. The predicted molar refractivity (Wildman–Crippen MR) is 397 cm³/mol. The fraction of sp³-hybridized carbons (Fsp3) is 0.133. The van der Waals surface area contributed by atoms with E-state index in [0.717, 1.165) is 22.7 Å². The van der Waals surface area contributed by atoms with Crippen molar-refractivity contribution in [2.75, 3.05) is 24.5 Å². The van der Waals surface area contributed by atoms with Crippen molar-refractivity contribution >= 4 is 178 Å². The van der Waals surface area contributed by atoms with E-state index in [9.17, 15) is 0 Å². The highest BCUT2D eigenvalue weighted by atomic mass is 15.2. The molecule has 0 unspecified atom stereocenters. The van der Waals surface area contributed by atoms with E-state index in [1.807, 2.05) is 0 Å². The summed E-state index contributed by atoms with van der Waals surface area (Å²) >= 11 is 0. The molecule has 0 fully saturated rings. The minimum Gasteiger partial charge on any atom is -0.312 e. The maximum atomic E-state index is 2.78. The first kappa shape index (κ1) is 53.7. The maximum Gasteiger partial charge on any atom is 0.252 e. The summed E-state index contributed by atoms with van der Waals surface area (Å²) < 4.78 is 0. The molecule has 0 bridgehead atoms. The highest BCUT2D eigenvalue weighted by Gasteiger charge is 2.58. The number of anilines is 15. The first-order valence-corrected chi connectivity index (χ1v) is 33.4. The highest BCUT2D eigenvalue weighted by molar-refractivity contribution is 7.09. The van der Waals surface area contributed by atoms with Crippen LogP contribution in [0.3, 0.4) is 0 Å². The molecule has 0 radical (unpaired) electrons. The second-order valence-corrected chi connectivity index (χ2v) is 27.8. The number of hydrogen-bond acceptors (Lipinski definition) is 5. The fourth-order valence-corrected chi connectivity index (χ4v) is 17.9. The minimum absolute atomic E-state index is 0.0258. The van der Waals surface area contributed by atoms with Crippen molar-refractivity contribution in [2.24, 2.45) is 0 Å². The van der Waals surface area contributed by atoms with Gasteiger partial charge in [-0.25, -0.2) is 0 Å². The van der Waals surface area contributed by atoms with Gasteiger partial charge in [0.05, 0.1) is 0 Å². The lowest BCUT2D eigenvalue weighted by Crippen LogP contribution is -2.75. The Labute approximate surface area is 542 Å². The van der Waals surface area contributed by atoms with E-state index < -0.39 is 0 Å². The van der Waals surface area contributed by atoms with Gasteiger partial charge in [-0.15, -0.1) is 0 Å². The summed E-state index contributed by atoms with van der Waals surface area (Å²) in [4.78, 5) is 13.3. The second kappa shape index (κ2) is 19.7. The fourth-order valence-electron chi connectivity index (χ4n) is 17.9. The molecule has 7 heterocycles. The van der Waals surface area contributed by atoms with Gasteiger partial charge in [-0.3, -0.25) is 0 Å². The predicted octanol–water partition coefficient (Wildman–Crippen LogP) is 13.3. The molecular weight excluding hydrogens is 1110 g/mol. The molecule has 0 aromatic heterocycles. The molecule has 92 heavy (non-hydrogen) atoms. The van der Waals surface area contributed by atoms with Crippen molar-refractivity contribution in [1.82, 2.24) is 0 Å². The smallest absolute Gasteiger partial charge is 0.252 e. The Morgan fingerprint density at radius 3 is 1.11 bits per heavy atom. The van der Waals surface area contributed by atoms with Gasteiger partial charge in [0.25, 0.3) is 20.1 Å². The summed E-state index contributed by atoms with van der Waals surface area (Å²) in [6.07, 6.45) is 0. The summed E-state index contributed by atoms with van der Waals surface area (Å²) in [5, 5.41) is 0. The minimum atomic E-state index is -0.163. The van der Waals surface area contributed by atoms with Crippen LogP contribution in [-0.2, 0) is 0 Å². The zero-order valence-corrected chi connectivity index (χ0v) is 53.4. The first-order valence-electron chi connectivity index (χ1n) is 33.4. The van der Waals surface area contributed by atoms with Gasteiger partial charge in [0, 0.05) is 85.3 Å². The normalized spacial score (nSPS) is 14.2. The first-order chi connectivity index (χ1) is 45.0. The van der Waals surface area contributed by atoms with E-state index >= 15 is 0 Å². The van der Waals surface area contributed by atoms with Gasteiger partial charge >= 0.3 is 0 Å². The molecule has 19 rings (SSSR count). The van der Waals surface area contributed by atoms with Crippen LogP contribution in [0.15, 0.2) is 243 Å². The third-order valence-electron chi connectivity index (χ3n) is 21.6. The Morgan fingerprint density at radius 1 is 0.272 bits per heavy atom. The van der Waals surface area contributed by atoms with Crippen LogP contribution in [-0.4, -0.2) is 26.9 Å². The molecule has 0 spiro atoms. The molecule has 0 aliphatic carbocycles. The summed E-state index contributed by atoms with van der Waals surface area (Å²) in [6, 6.07) is 94.1. The van der Waals surface area contributed by atoms with Crippen molar-refractivity contribution < 1.29 is 0 Å². The van der Waals surface area contributed by atoms with Crippen LogP contribution in [0.5, 0.6) is 0 Å². The van der Waals surface area contributed by atoms with Gasteiger partial charge < -0.3 is 24.5 Å². The summed E-state index contributed by atoms with van der Waals surface area (Å²) in [6.45, 7) is 18.7. The molecule has 0 atom stereocenters. The third-order valence-corrected chi connectivity index (χ3v) is 21.6. The van der Waals surface area contributed by atoms with Gasteiger partial charge in [-0.05, 0) is 193 Å². The average molecular weight is 1180 g/mol. The SMILES string of the molecule is Cc1ccc2c(c1)B1c3ccccc3N3c4cc(N(c5ccccc5)c5ccccc5)ccc4B4c5cc6c(cc5N5c7ccccc7B7c8cc(C)ccc8N2c2c1c3c4c5c27)N(c1ccccc1)c1ccccc1B6c1c(C(C)C)cc(C(C)C)cc1C(C)C. The van der Waals surface area contributed by atoms with E-state index in [2.05, 4.69) is 323 Å². The molecule has 12 aromatic carbocycles. The largest absolute Gasteiger partial charge is 0.312 e. The Balaban J connectivity index is 0.995. The zero-order chi connectivity index (χ0) is 61.7. The summed E-state index contributed by atoms with van der Waals surface area (Å²) in [5.74, 6) is 0.970. The van der Waals surface area contributed by atoms with Crippen molar-refractivity contribution in [3.8, 4) is 0 Å². The Bertz CT molecular complexity index is 5060. The maximum absolute atomic E-state index is 2.78. The topological polar surface area (TPSA) is 16.2 Å². The quantitative estimate of drug-likeness (QED) is 0.141. The number of nitrogens with zero attached hydrogens (tertiary/aromatic N) is 5. The molecule has 436 valence electrons. The number of rotatable bonds is 8. The van der Waals surface area contributed by atoms with Crippen LogP contribution >= 0.6 is 0 Å². The Kier molecular flexibility index (Phi) is 11.5. The third kappa shape index (κ3) is 7.25. The van der Waals surface area contributed by atoms with Gasteiger partial charge in [0.1, 0.15) is 0 Å². The van der Waals surface area contributed by atoms with Crippen molar-refractivity contribution in [1.29, 1.82) is 0 Å². The molecule has 0 amide bonds. The average Bonchev–Trinajstić information content (AvgIpc) is 0.647. The lowest BCUT2D eigenvalue weighted by molar-refractivity contribution is 0.812. The molecule has 7 aliphatic heterocycles. The monoisotopic (exact) mass is 1180 g/mol. The number of benzene rings is 12. The molecule has 9 heteroatoms. The van der Waals surface area contributed by atoms with E-state index in [0.29, 0.717) is 5.92 Å². The van der Waals surface area contributed by atoms with Crippen LogP contribution in [0.4, 0.5) is 85.3 Å². The van der Waals surface area contributed by atoms with Crippen LogP contribution in [0.1, 0.15) is 87.1 Å². The zero-order valence-electron chi connectivity index (χ0n) is 53.4.